The number of nitrogens with one attached hydrogen (secondary N) is 1. The van der Waals surface area contributed by atoms with E-state index < -0.39 is 44.2 Å². The summed E-state index contributed by atoms with van der Waals surface area (Å²) in [6.07, 6.45) is 1.25. The zero-order valence-electron chi connectivity index (χ0n) is 10.6. The van der Waals surface area contributed by atoms with Crippen molar-refractivity contribution in [1.29, 1.82) is 0 Å². The van der Waals surface area contributed by atoms with E-state index in [0.29, 0.717) is 12.8 Å². The van der Waals surface area contributed by atoms with Crippen molar-refractivity contribution in [3.05, 3.63) is 29.6 Å². The average molecular weight is 323 g/mol. The number of halogens is 3. The van der Waals surface area contributed by atoms with Crippen molar-refractivity contribution in [2.75, 3.05) is 0 Å². The predicted octanol–water partition coefficient (Wildman–Crippen LogP) is 0.907. The molecule has 2 rings (SSSR count). The summed E-state index contributed by atoms with van der Waals surface area (Å²) in [5, 5.41) is 11.3. The van der Waals surface area contributed by atoms with Crippen LogP contribution in [0.3, 0.4) is 0 Å². The number of hydrogen-bond donors (Lipinski definition) is 3. The van der Waals surface area contributed by atoms with E-state index in [1.165, 1.54) is 0 Å². The maximum atomic E-state index is 13.5. The molecule has 10 heteroatoms. The highest BCUT2D eigenvalue weighted by Crippen LogP contribution is 2.33. The molecule has 0 heterocycles. The lowest BCUT2D eigenvalue weighted by molar-refractivity contribution is 0.314. The van der Waals surface area contributed by atoms with Gasteiger partial charge in [-0.3, -0.25) is 0 Å². The molecular weight excluding hydrogens is 311 g/mol. The number of sulfonamides is 1. The van der Waals surface area contributed by atoms with Crippen LogP contribution >= 0.6 is 0 Å². The fraction of sp³-hybridized carbons (Fsp3) is 0.364. The summed E-state index contributed by atoms with van der Waals surface area (Å²) in [6, 6.07) is -0.565. The number of nitrogens with zero attached hydrogens (tertiary/aromatic N) is 1. The summed E-state index contributed by atoms with van der Waals surface area (Å²) >= 11 is 0. The second-order valence-electron chi connectivity index (χ2n) is 4.66. The quantitative estimate of drug-likeness (QED) is 0.324. The first kappa shape index (κ1) is 15.6. The van der Waals surface area contributed by atoms with Crippen LogP contribution in [-0.2, 0) is 10.0 Å². The Labute approximate surface area is 118 Å². The van der Waals surface area contributed by atoms with E-state index in [4.69, 9.17) is 10.9 Å². The van der Waals surface area contributed by atoms with Crippen LogP contribution in [0, 0.1) is 23.4 Å². The lowest BCUT2D eigenvalue weighted by atomic mass is 10.2. The third-order valence-electron chi connectivity index (χ3n) is 3.04. The minimum atomic E-state index is -4.64. The smallest absolute Gasteiger partial charge is 0.247 e. The molecule has 0 aliphatic heterocycles. The van der Waals surface area contributed by atoms with E-state index in [1.54, 1.807) is 0 Å². The maximum absolute atomic E-state index is 13.5. The molecule has 0 bridgehead atoms. The summed E-state index contributed by atoms with van der Waals surface area (Å²) in [5.74, 6) is -4.99. The van der Waals surface area contributed by atoms with Crippen LogP contribution in [-0.4, -0.2) is 25.5 Å². The fourth-order valence-corrected chi connectivity index (χ4v) is 3.30. The molecule has 1 unspecified atom stereocenters. The van der Waals surface area contributed by atoms with Gasteiger partial charge < -0.3 is 10.9 Å². The Morgan fingerprint density at radius 2 is 1.86 bits per heavy atom. The molecule has 1 aliphatic carbocycles. The minimum Gasteiger partial charge on any atom is -0.409 e. The maximum Gasteiger partial charge on any atom is 0.247 e. The Kier molecular flexibility index (Phi) is 4.10. The Hall–Kier alpha value is -1.81. The summed E-state index contributed by atoms with van der Waals surface area (Å²) in [7, 11) is -4.64. The first-order valence-corrected chi connectivity index (χ1v) is 7.39. The first-order valence-electron chi connectivity index (χ1n) is 5.90. The van der Waals surface area contributed by atoms with Gasteiger partial charge in [-0.2, -0.15) is 4.72 Å². The molecule has 0 saturated heterocycles. The molecule has 1 saturated carbocycles. The first-order chi connectivity index (χ1) is 9.76. The summed E-state index contributed by atoms with van der Waals surface area (Å²) in [4.78, 5) is -1.31. The Bertz CT molecular complexity index is 666. The predicted molar refractivity (Wildman–Crippen MR) is 66.6 cm³/mol. The molecule has 116 valence electrons. The third kappa shape index (κ3) is 3.27. The van der Waals surface area contributed by atoms with E-state index in [9.17, 15) is 21.6 Å². The van der Waals surface area contributed by atoms with Crippen LogP contribution in [0.25, 0.3) is 0 Å². The molecule has 0 aromatic heterocycles. The molecular formula is C11H12F3N3O3S. The minimum absolute atomic E-state index is 0.220. The number of oxime groups is 1. The molecule has 1 aliphatic rings. The molecule has 4 N–H and O–H groups in total. The van der Waals surface area contributed by atoms with Gasteiger partial charge in [-0.25, -0.2) is 21.6 Å². The van der Waals surface area contributed by atoms with Crippen LogP contribution in [0.15, 0.2) is 22.2 Å². The topological polar surface area (TPSA) is 105 Å². The molecule has 1 atom stereocenters. The molecule has 0 amide bonds. The van der Waals surface area contributed by atoms with Gasteiger partial charge in [-0.05, 0) is 18.8 Å². The van der Waals surface area contributed by atoms with Crippen molar-refractivity contribution in [3.8, 4) is 0 Å². The summed E-state index contributed by atoms with van der Waals surface area (Å²) < 4.78 is 66.0. The van der Waals surface area contributed by atoms with Gasteiger partial charge in [0.2, 0.25) is 10.0 Å². The van der Waals surface area contributed by atoms with Gasteiger partial charge in [0.15, 0.2) is 10.7 Å². The molecule has 1 aromatic rings. The molecule has 0 spiro atoms. The van der Waals surface area contributed by atoms with Crippen molar-refractivity contribution in [3.63, 3.8) is 0 Å². The second-order valence-corrected chi connectivity index (χ2v) is 6.31. The van der Waals surface area contributed by atoms with E-state index in [0.717, 1.165) is 0 Å². The molecule has 21 heavy (non-hydrogen) atoms. The van der Waals surface area contributed by atoms with E-state index in [1.807, 2.05) is 4.72 Å². The highest BCUT2D eigenvalue weighted by atomic mass is 32.2. The molecule has 0 radical (unpaired) electrons. The normalized spacial score (nSPS) is 17.8. The molecule has 6 nitrogen and oxygen atoms in total. The van der Waals surface area contributed by atoms with Crippen molar-refractivity contribution >= 4 is 15.9 Å². The SMILES string of the molecule is NC(=NO)C(NS(=O)(=O)c1c(F)cc(F)cc1F)C1CC1. The third-order valence-corrected chi connectivity index (χ3v) is 4.53. The molecule has 1 fully saturated rings. The number of nitrogens with two attached hydrogens (primary N) is 1. The summed E-state index contributed by atoms with van der Waals surface area (Å²) in [5.41, 5.74) is 5.37. The van der Waals surface area contributed by atoms with Crippen LogP contribution in [0.5, 0.6) is 0 Å². The lowest BCUT2D eigenvalue weighted by Gasteiger charge is -2.17. The average Bonchev–Trinajstić information content (AvgIpc) is 3.17. The van der Waals surface area contributed by atoms with Crippen molar-refractivity contribution in [1.82, 2.24) is 4.72 Å². The largest absolute Gasteiger partial charge is 0.409 e. The number of rotatable bonds is 5. The van der Waals surface area contributed by atoms with Crippen molar-refractivity contribution in [2.45, 2.75) is 23.8 Å². The van der Waals surface area contributed by atoms with Crippen LogP contribution in [0.2, 0.25) is 0 Å². The monoisotopic (exact) mass is 323 g/mol. The van der Waals surface area contributed by atoms with E-state index >= 15 is 0 Å². The van der Waals surface area contributed by atoms with Gasteiger partial charge in [-0.15, -0.1) is 0 Å². The van der Waals surface area contributed by atoms with Gasteiger partial charge in [0, 0.05) is 12.1 Å². The van der Waals surface area contributed by atoms with Crippen LogP contribution in [0.1, 0.15) is 12.8 Å². The number of benzene rings is 1. The van der Waals surface area contributed by atoms with Gasteiger partial charge in [0.25, 0.3) is 0 Å². The summed E-state index contributed by atoms with van der Waals surface area (Å²) in [6.45, 7) is 0. The lowest BCUT2D eigenvalue weighted by Crippen LogP contribution is -2.46. The number of amidine groups is 1. The van der Waals surface area contributed by atoms with Crippen LogP contribution < -0.4 is 10.5 Å². The highest BCUT2D eigenvalue weighted by molar-refractivity contribution is 7.89. The molecule has 1 aromatic carbocycles. The Morgan fingerprint density at radius 3 is 2.29 bits per heavy atom. The fourth-order valence-electron chi connectivity index (χ4n) is 1.90. The van der Waals surface area contributed by atoms with Gasteiger partial charge >= 0.3 is 0 Å². The second kappa shape index (κ2) is 5.53. The highest BCUT2D eigenvalue weighted by Gasteiger charge is 2.38. The number of hydrogen-bond acceptors (Lipinski definition) is 4. The van der Waals surface area contributed by atoms with Gasteiger partial charge in [0.05, 0.1) is 6.04 Å². The van der Waals surface area contributed by atoms with Gasteiger partial charge in [0.1, 0.15) is 17.5 Å². The van der Waals surface area contributed by atoms with Crippen LogP contribution in [0.4, 0.5) is 13.2 Å². The van der Waals surface area contributed by atoms with Gasteiger partial charge in [-0.1, -0.05) is 5.16 Å². The Morgan fingerprint density at radius 1 is 1.33 bits per heavy atom. The van der Waals surface area contributed by atoms with E-state index in [-0.39, 0.29) is 18.1 Å². The van der Waals surface area contributed by atoms with E-state index in [2.05, 4.69) is 5.16 Å². The Balaban J connectivity index is 2.38. The van der Waals surface area contributed by atoms with Crippen molar-refractivity contribution in [2.24, 2.45) is 16.8 Å². The zero-order chi connectivity index (χ0) is 15.8. The zero-order valence-corrected chi connectivity index (χ0v) is 11.4. The van der Waals surface area contributed by atoms with Crippen molar-refractivity contribution < 1.29 is 26.8 Å². The standard InChI is InChI=1S/C11H12F3N3O3S/c12-6-3-7(13)10(8(14)4-6)21(19,20)17-9(5-1-2-5)11(15)16-18/h3-5,9,17-18H,1-2H2,(H2,15,16).